The first kappa shape index (κ1) is 21.5. The van der Waals surface area contributed by atoms with E-state index >= 15 is 0 Å². The molecule has 12 heteroatoms. The lowest BCUT2D eigenvalue weighted by molar-refractivity contribution is -0.141. The van der Waals surface area contributed by atoms with Crippen LogP contribution in [-0.2, 0) is 19.2 Å². The van der Waals surface area contributed by atoms with Crippen LogP contribution in [0.4, 0.5) is 0 Å². The molecule has 0 spiro atoms. The van der Waals surface area contributed by atoms with Crippen LogP contribution in [0.2, 0.25) is 0 Å². The van der Waals surface area contributed by atoms with Crippen molar-refractivity contribution < 1.29 is 29.4 Å². The van der Waals surface area contributed by atoms with Gasteiger partial charge in [-0.3, -0.25) is 14.4 Å². The number of carboxylic acids is 1. The van der Waals surface area contributed by atoms with Gasteiger partial charge in [0.05, 0.1) is 13.2 Å². The number of rotatable bonds is 10. The van der Waals surface area contributed by atoms with Gasteiger partial charge in [-0.2, -0.15) is 25.3 Å². The first-order valence-corrected chi connectivity index (χ1v) is 7.71. The third-order valence-electron chi connectivity index (χ3n) is 2.59. The number of amides is 3. The number of aliphatic hydroxyl groups excluding tert-OH is 1. The van der Waals surface area contributed by atoms with Crippen LogP contribution in [0.5, 0.6) is 0 Å². The fourth-order valence-corrected chi connectivity index (χ4v) is 1.78. The molecule has 0 rings (SSSR count). The number of nitrogens with one attached hydrogen (secondary N) is 3. The third kappa shape index (κ3) is 8.06. The van der Waals surface area contributed by atoms with E-state index in [2.05, 4.69) is 41.2 Å². The average Bonchev–Trinajstić information content (AvgIpc) is 2.53. The molecular formula is C11H20N4O6S2. The van der Waals surface area contributed by atoms with Crippen LogP contribution in [0.3, 0.4) is 0 Å². The fraction of sp³-hybridized carbons (Fsp3) is 0.636. The molecule has 0 aliphatic heterocycles. The lowest BCUT2D eigenvalue weighted by Crippen LogP contribution is -2.55. The molecule has 0 fully saturated rings. The topological polar surface area (TPSA) is 171 Å². The Bertz CT molecular complexity index is 450. The Hall–Kier alpha value is -1.50. The highest BCUT2D eigenvalue weighted by Gasteiger charge is 2.25. The molecule has 3 amide bonds. The Morgan fingerprint density at radius 3 is 2.00 bits per heavy atom. The van der Waals surface area contributed by atoms with Crippen LogP contribution in [-0.4, -0.2) is 76.7 Å². The van der Waals surface area contributed by atoms with Crippen LogP contribution in [0.1, 0.15) is 0 Å². The van der Waals surface area contributed by atoms with Gasteiger partial charge in [-0.25, -0.2) is 4.79 Å². The highest BCUT2D eigenvalue weighted by molar-refractivity contribution is 7.80. The summed E-state index contributed by atoms with van der Waals surface area (Å²) in [5, 5.41) is 24.2. The van der Waals surface area contributed by atoms with Crippen LogP contribution in [0, 0.1) is 0 Å². The minimum atomic E-state index is -1.26. The zero-order valence-corrected chi connectivity index (χ0v) is 13.8. The summed E-state index contributed by atoms with van der Waals surface area (Å²) in [5.74, 6) is -3.63. The summed E-state index contributed by atoms with van der Waals surface area (Å²) in [6.45, 7) is -1.03. The molecule has 10 nitrogen and oxygen atoms in total. The van der Waals surface area contributed by atoms with Crippen molar-refractivity contribution in [2.75, 3.05) is 24.7 Å². The summed E-state index contributed by atoms with van der Waals surface area (Å²) >= 11 is 7.71. The molecule has 0 aromatic rings. The number of carboxylic acid groups (broad SMARTS) is 1. The van der Waals surface area contributed by atoms with Gasteiger partial charge in [-0.05, 0) is 0 Å². The molecule has 0 radical (unpaired) electrons. The van der Waals surface area contributed by atoms with Gasteiger partial charge in [0.1, 0.15) is 18.1 Å². The molecule has 0 aliphatic carbocycles. The van der Waals surface area contributed by atoms with E-state index in [1.54, 1.807) is 0 Å². The molecule has 0 aromatic carbocycles. The lowest BCUT2D eigenvalue weighted by atomic mass is 10.2. The van der Waals surface area contributed by atoms with Crippen LogP contribution in [0.15, 0.2) is 0 Å². The number of nitrogens with two attached hydrogens (primary N) is 1. The first-order chi connectivity index (χ1) is 10.8. The zero-order chi connectivity index (χ0) is 18.0. The van der Waals surface area contributed by atoms with Gasteiger partial charge in [0.25, 0.3) is 0 Å². The van der Waals surface area contributed by atoms with E-state index in [9.17, 15) is 19.2 Å². The molecule has 132 valence electrons. The molecular weight excluding hydrogens is 348 g/mol. The number of hydrogen-bond donors (Lipinski definition) is 8. The van der Waals surface area contributed by atoms with Crippen molar-refractivity contribution in [2.24, 2.45) is 5.73 Å². The molecule has 3 unspecified atom stereocenters. The summed E-state index contributed by atoms with van der Waals surface area (Å²) < 4.78 is 0. The first-order valence-electron chi connectivity index (χ1n) is 6.45. The Kier molecular flexibility index (Phi) is 10.4. The van der Waals surface area contributed by atoms with Gasteiger partial charge in [0, 0.05) is 11.5 Å². The van der Waals surface area contributed by atoms with E-state index in [0.29, 0.717) is 0 Å². The number of carbonyl (C=O) groups is 4. The van der Waals surface area contributed by atoms with Crippen molar-refractivity contribution in [3.8, 4) is 0 Å². The lowest BCUT2D eigenvalue weighted by Gasteiger charge is -2.19. The molecule has 23 heavy (non-hydrogen) atoms. The average molecular weight is 368 g/mol. The SMILES string of the molecule is NC(CO)C(=O)NCC(=O)NC(CS)C(=O)NC(CS)C(=O)O. The smallest absolute Gasteiger partial charge is 0.327 e. The van der Waals surface area contributed by atoms with Gasteiger partial charge in [0.15, 0.2) is 0 Å². The standard InChI is InChI=1S/C11H20N4O6S2/c12-5(2-16)9(18)13-1-8(17)14-6(3-22)10(19)15-7(4-23)11(20)21/h5-7,16,22-23H,1-4,12H2,(H,13,18)(H,14,17)(H,15,19)(H,20,21). The second-order valence-corrected chi connectivity index (χ2v) is 5.12. The monoisotopic (exact) mass is 368 g/mol. The third-order valence-corrected chi connectivity index (χ3v) is 3.32. The molecule has 0 saturated carbocycles. The van der Waals surface area contributed by atoms with Gasteiger partial charge in [-0.1, -0.05) is 0 Å². The quantitative estimate of drug-likeness (QED) is 0.184. The van der Waals surface area contributed by atoms with Crippen molar-refractivity contribution in [1.29, 1.82) is 0 Å². The second-order valence-electron chi connectivity index (χ2n) is 4.39. The zero-order valence-electron chi connectivity index (χ0n) is 12.1. The largest absolute Gasteiger partial charge is 0.480 e. The molecule has 0 aromatic heterocycles. The van der Waals surface area contributed by atoms with Crippen molar-refractivity contribution >= 4 is 48.9 Å². The Balaban J connectivity index is 4.46. The van der Waals surface area contributed by atoms with Gasteiger partial charge in [-0.15, -0.1) is 0 Å². The van der Waals surface area contributed by atoms with Crippen molar-refractivity contribution in [3.63, 3.8) is 0 Å². The number of thiol groups is 2. The van der Waals surface area contributed by atoms with E-state index in [-0.39, 0.29) is 11.5 Å². The molecule has 0 bridgehead atoms. The number of aliphatic hydroxyl groups is 1. The predicted octanol–water partition coefficient (Wildman–Crippen LogP) is -3.66. The maximum atomic E-state index is 11.9. The van der Waals surface area contributed by atoms with Crippen molar-refractivity contribution in [2.45, 2.75) is 18.1 Å². The van der Waals surface area contributed by atoms with Crippen molar-refractivity contribution in [3.05, 3.63) is 0 Å². The van der Waals surface area contributed by atoms with E-state index in [1.165, 1.54) is 0 Å². The highest BCUT2D eigenvalue weighted by atomic mass is 32.1. The van der Waals surface area contributed by atoms with Gasteiger partial charge >= 0.3 is 5.97 Å². The predicted molar refractivity (Wildman–Crippen MR) is 87.3 cm³/mol. The van der Waals surface area contributed by atoms with Crippen LogP contribution >= 0.6 is 25.3 Å². The molecule has 7 N–H and O–H groups in total. The van der Waals surface area contributed by atoms with Gasteiger partial charge < -0.3 is 31.9 Å². The van der Waals surface area contributed by atoms with Crippen LogP contribution in [0.25, 0.3) is 0 Å². The Morgan fingerprint density at radius 2 is 1.57 bits per heavy atom. The van der Waals surface area contributed by atoms with Gasteiger partial charge in [0.2, 0.25) is 17.7 Å². The summed E-state index contributed by atoms with van der Waals surface area (Å²) in [6, 6.07) is -3.44. The van der Waals surface area contributed by atoms with Crippen molar-refractivity contribution in [1.82, 2.24) is 16.0 Å². The minimum Gasteiger partial charge on any atom is -0.480 e. The van der Waals surface area contributed by atoms with E-state index < -0.39 is 55.0 Å². The van der Waals surface area contributed by atoms with E-state index in [4.69, 9.17) is 15.9 Å². The fourth-order valence-electron chi connectivity index (χ4n) is 1.28. The Labute approximate surface area is 143 Å². The molecule has 3 atom stereocenters. The highest BCUT2D eigenvalue weighted by Crippen LogP contribution is 1.94. The number of carbonyl (C=O) groups excluding carboxylic acids is 3. The summed E-state index contributed by atoms with van der Waals surface area (Å²) in [4.78, 5) is 45.6. The molecule has 0 heterocycles. The summed E-state index contributed by atoms with van der Waals surface area (Å²) in [7, 11) is 0. The summed E-state index contributed by atoms with van der Waals surface area (Å²) in [5.41, 5.74) is 5.24. The second kappa shape index (κ2) is 11.1. The maximum Gasteiger partial charge on any atom is 0.327 e. The van der Waals surface area contributed by atoms with Crippen LogP contribution < -0.4 is 21.7 Å². The minimum absolute atomic E-state index is 0.0828. The molecule has 0 saturated heterocycles. The Morgan fingerprint density at radius 1 is 1.00 bits per heavy atom. The van der Waals surface area contributed by atoms with E-state index in [1.807, 2.05) is 0 Å². The normalized spacial score (nSPS) is 14.3. The summed E-state index contributed by atoms with van der Waals surface area (Å²) in [6.07, 6.45) is 0. The number of hydrogen-bond acceptors (Lipinski definition) is 8. The number of aliphatic carboxylic acids is 1. The van der Waals surface area contributed by atoms with E-state index in [0.717, 1.165) is 0 Å². The maximum absolute atomic E-state index is 11.9. The molecule has 0 aliphatic rings.